The molecule has 0 saturated heterocycles. The molecule has 1 amide bonds. The lowest BCUT2D eigenvalue weighted by atomic mass is 9.84. The fraction of sp³-hybridized carbons (Fsp3) is 0.333. The van der Waals surface area contributed by atoms with E-state index < -0.39 is 5.41 Å². The van der Waals surface area contributed by atoms with Gasteiger partial charge in [0.25, 0.3) is 5.91 Å². The first-order valence-corrected chi connectivity index (χ1v) is 6.45. The Kier molecular flexibility index (Phi) is 3.88. The lowest BCUT2D eigenvalue weighted by molar-refractivity contribution is 0.0940. The number of aromatic nitrogens is 2. The minimum Gasteiger partial charge on any atom is -0.350 e. The van der Waals surface area contributed by atoms with E-state index in [1.54, 1.807) is 24.3 Å². The van der Waals surface area contributed by atoms with Crippen LogP contribution in [0.1, 0.15) is 35.6 Å². The first kappa shape index (κ1) is 14.2. The zero-order valence-electron chi connectivity index (χ0n) is 11.8. The van der Waals surface area contributed by atoms with Crippen LogP contribution in [-0.2, 0) is 5.41 Å². The molecule has 20 heavy (non-hydrogen) atoms. The van der Waals surface area contributed by atoms with Crippen molar-refractivity contribution in [2.24, 2.45) is 0 Å². The zero-order chi connectivity index (χ0) is 14.8. The zero-order valence-corrected chi connectivity index (χ0v) is 11.8. The molecule has 0 fully saturated rings. The van der Waals surface area contributed by atoms with E-state index in [-0.39, 0.29) is 11.7 Å². The number of nitrogens with zero attached hydrogens (tertiary/aromatic N) is 1. The van der Waals surface area contributed by atoms with Crippen LogP contribution in [0.4, 0.5) is 4.39 Å². The average molecular weight is 275 g/mol. The second-order valence-corrected chi connectivity index (χ2v) is 5.48. The van der Waals surface area contributed by atoms with Gasteiger partial charge < -0.3 is 5.32 Å². The topological polar surface area (TPSA) is 57.8 Å². The van der Waals surface area contributed by atoms with Gasteiger partial charge in [0.2, 0.25) is 0 Å². The third kappa shape index (κ3) is 3.04. The molecule has 0 aliphatic rings. The quantitative estimate of drug-likeness (QED) is 0.901. The molecule has 1 aromatic carbocycles. The SMILES string of the molecule is Cc1cc(C(=O)NCC(C)(C)c2ccccc2F)n[nH]1. The predicted molar refractivity (Wildman–Crippen MR) is 75.1 cm³/mol. The smallest absolute Gasteiger partial charge is 0.271 e. The van der Waals surface area contributed by atoms with Crippen LogP contribution in [0.15, 0.2) is 30.3 Å². The number of hydrogen-bond acceptors (Lipinski definition) is 2. The molecule has 0 saturated carbocycles. The summed E-state index contributed by atoms with van der Waals surface area (Å²) in [7, 11) is 0. The molecule has 0 aliphatic heterocycles. The summed E-state index contributed by atoms with van der Waals surface area (Å²) in [6.07, 6.45) is 0. The number of carbonyl (C=O) groups is 1. The van der Waals surface area contributed by atoms with Gasteiger partial charge in [-0.05, 0) is 24.6 Å². The molecule has 2 N–H and O–H groups in total. The molecule has 0 spiro atoms. The van der Waals surface area contributed by atoms with Crippen molar-refractivity contribution in [2.45, 2.75) is 26.2 Å². The van der Waals surface area contributed by atoms with E-state index in [0.29, 0.717) is 17.8 Å². The molecule has 2 aromatic rings. The maximum atomic E-state index is 13.8. The maximum absolute atomic E-state index is 13.8. The Morgan fingerprint density at radius 3 is 2.70 bits per heavy atom. The van der Waals surface area contributed by atoms with Crippen LogP contribution in [0.3, 0.4) is 0 Å². The number of amides is 1. The Morgan fingerprint density at radius 2 is 2.10 bits per heavy atom. The molecule has 106 valence electrons. The Hall–Kier alpha value is -2.17. The minimum absolute atomic E-state index is 0.262. The number of rotatable bonds is 4. The van der Waals surface area contributed by atoms with Crippen LogP contribution in [0.2, 0.25) is 0 Å². The molecule has 0 aliphatic carbocycles. The van der Waals surface area contributed by atoms with Crippen molar-refractivity contribution in [3.63, 3.8) is 0 Å². The summed E-state index contributed by atoms with van der Waals surface area (Å²) in [6.45, 7) is 5.94. The molecule has 5 heteroatoms. The normalized spacial score (nSPS) is 11.4. The van der Waals surface area contributed by atoms with Crippen molar-refractivity contribution in [3.05, 3.63) is 53.1 Å². The van der Waals surface area contributed by atoms with E-state index in [4.69, 9.17) is 0 Å². The number of H-pyrrole nitrogens is 1. The highest BCUT2D eigenvalue weighted by atomic mass is 19.1. The second kappa shape index (κ2) is 5.45. The van der Waals surface area contributed by atoms with Gasteiger partial charge in [-0.15, -0.1) is 0 Å². The number of halogens is 1. The summed E-state index contributed by atoms with van der Waals surface area (Å²) >= 11 is 0. The van der Waals surface area contributed by atoms with Crippen LogP contribution in [0, 0.1) is 12.7 Å². The third-order valence-corrected chi connectivity index (χ3v) is 3.23. The van der Waals surface area contributed by atoms with E-state index >= 15 is 0 Å². The van der Waals surface area contributed by atoms with Crippen LogP contribution in [0.5, 0.6) is 0 Å². The number of aryl methyl sites for hydroxylation is 1. The van der Waals surface area contributed by atoms with E-state index in [2.05, 4.69) is 15.5 Å². The van der Waals surface area contributed by atoms with E-state index in [0.717, 1.165) is 5.69 Å². The van der Waals surface area contributed by atoms with Crippen molar-refractivity contribution < 1.29 is 9.18 Å². The first-order valence-electron chi connectivity index (χ1n) is 6.45. The second-order valence-electron chi connectivity index (χ2n) is 5.48. The largest absolute Gasteiger partial charge is 0.350 e. The summed E-state index contributed by atoms with van der Waals surface area (Å²) in [5, 5.41) is 9.40. The van der Waals surface area contributed by atoms with Crippen molar-refractivity contribution in [2.75, 3.05) is 6.54 Å². The van der Waals surface area contributed by atoms with Crippen LogP contribution < -0.4 is 5.32 Å². The lowest BCUT2D eigenvalue weighted by Gasteiger charge is -2.25. The van der Waals surface area contributed by atoms with Gasteiger partial charge in [-0.2, -0.15) is 5.10 Å². The van der Waals surface area contributed by atoms with Gasteiger partial charge in [0.05, 0.1) is 0 Å². The standard InChI is InChI=1S/C15H18FN3O/c1-10-8-13(19-18-10)14(20)17-9-15(2,3)11-6-4-5-7-12(11)16/h4-8H,9H2,1-3H3,(H,17,20)(H,18,19). The molecule has 1 heterocycles. The molecule has 0 atom stereocenters. The monoisotopic (exact) mass is 275 g/mol. The van der Waals surface area contributed by atoms with Gasteiger partial charge in [-0.25, -0.2) is 4.39 Å². The van der Waals surface area contributed by atoms with Crippen molar-refractivity contribution in [1.82, 2.24) is 15.5 Å². The highest BCUT2D eigenvalue weighted by Crippen LogP contribution is 2.24. The van der Waals surface area contributed by atoms with Crippen molar-refractivity contribution in [3.8, 4) is 0 Å². The van der Waals surface area contributed by atoms with Gasteiger partial charge in [-0.3, -0.25) is 9.89 Å². The summed E-state index contributed by atoms with van der Waals surface area (Å²) in [5.74, 6) is -0.527. The summed E-state index contributed by atoms with van der Waals surface area (Å²) in [4.78, 5) is 11.9. The van der Waals surface area contributed by atoms with Gasteiger partial charge in [0, 0.05) is 17.7 Å². The van der Waals surface area contributed by atoms with E-state index in [1.165, 1.54) is 6.07 Å². The molecule has 0 radical (unpaired) electrons. The lowest BCUT2D eigenvalue weighted by Crippen LogP contribution is -2.37. The Balaban J connectivity index is 2.06. The fourth-order valence-electron chi connectivity index (χ4n) is 2.03. The number of nitrogens with one attached hydrogen (secondary N) is 2. The number of carbonyl (C=O) groups excluding carboxylic acids is 1. The van der Waals surface area contributed by atoms with E-state index in [9.17, 15) is 9.18 Å². The van der Waals surface area contributed by atoms with Crippen LogP contribution in [-0.4, -0.2) is 22.6 Å². The van der Waals surface area contributed by atoms with Crippen molar-refractivity contribution in [1.29, 1.82) is 0 Å². The Bertz CT molecular complexity index is 619. The first-order chi connectivity index (χ1) is 9.40. The maximum Gasteiger partial charge on any atom is 0.271 e. The molecule has 1 aromatic heterocycles. The summed E-state index contributed by atoms with van der Waals surface area (Å²) in [6, 6.07) is 8.28. The summed E-state index contributed by atoms with van der Waals surface area (Å²) in [5.41, 5.74) is 1.25. The third-order valence-electron chi connectivity index (χ3n) is 3.23. The van der Waals surface area contributed by atoms with Gasteiger partial charge in [-0.1, -0.05) is 32.0 Å². The molecular weight excluding hydrogens is 257 g/mol. The van der Waals surface area contributed by atoms with Crippen LogP contribution >= 0.6 is 0 Å². The molecular formula is C15H18FN3O. The minimum atomic E-state index is -0.494. The predicted octanol–water partition coefficient (Wildman–Crippen LogP) is 2.56. The number of benzene rings is 1. The number of hydrogen-bond donors (Lipinski definition) is 2. The highest BCUT2D eigenvalue weighted by molar-refractivity contribution is 5.92. The molecule has 0 bridgehead atoms. The van der Waals surface area contributed by atoms with Gasteiger partial charge in [0.1, 0.15) is 11.5 Å². The fourth-order valence-corrected chi connectivity index (χ4v) is 2.03. The molecule has 4 nitrogen and oxygen atoms in total. The van der Waals surface area contributed by atoms with Crippen LogP contribution in [0.25, 0.3) is 0 Å². The number of aromatic amines is 1. The molecule has 2 rings (SSSR count). The van der Waals surface area contributed by atoms with Gasteiger partial charge >= 0.3 is 0 Å². The average Bonchev–Trinajstić information content (AvgIpc) is 2.83. The highest BCUT2D eigenvalue weighted by Gasteiger charge is 2.25. The van der Waals surface area contributed by atoms with E-state index in [1.807, 2.05) is 20.8 Å². The molecule has 0 unspecified atom stereocenters. The summed E-state index contributed by atoms with van der Waals surface area (Å²) < 4.78 is 13.8. The Labute approximate surface area is 117 Å². The Morgan fingerprint density at radius 1 is 1.40 bits per heavy atom. The van der Waals surface area contributed by atoms with Crippen molar-refractivity contribution >= 4 is 5.91 Å². The van der Waals surface area contributed by atoms with Gasteiger partial charge in [0.15, 0.2) is 0 Å².